The minimum atomic E-state index is -0.768. The molecule has 1 saturated heterocycles. The Labute approximate surface area is 274 Å². The van der Waals surface area contributed by atoms with Gasteiger partial charge >= 0.3 is 0 Å². The molecule has 4 bridgehead atoms. The normalized spacial score (nSPS) is 18.2. The van der Waals surface area contributed by atoms with Crippen LogP contribution >= 0.6 is 0 Å². The zero-order valence-electron chi connectivity index (χ0n) is 26.6. The Balaban J connectivity index is 1.20. The predicted octanol–water partition coefficient (Wildman–Crippen LogP) is 4.74. The first kappa shape index (κ1) is 29.7. The van der Waals surface area contributed by atoms with E-state index in [4.69, 9.17) is 14.7 Å². The summed E-state index contributed by atoms with van der Waals surface area (Å²) in [6.45, 7) is 3.60. The van der Waals surface area contributed by atoms with Gasteiger partial charge in [-0.2, -0.15) is 5.10 Å². The molecule has 6 heterocycles. The summed E-state index contributed by atoms with van der Waals surface area (Å²) in [5.41, 5.74) is 3.89. The van der Waals surface area contributed by atoms with Crippen LogP contribution in [0.1, 0.15) is 18.7 Å². The summed E-state index contributed by atoms with van der Waals surface area (Å²) in [6, 6.07) is 12.4. The maximum absolute atomic E-state index is 14.8. The number of ether oxygens (including phenoxy) is 1. The monoisotopic (exact) mass is 650 g/mol. The molecule has 4 aromatic heterocycles. The van der Waals surface area contributed by atoms with Crippen LogP contribution < -0.4 is 15.0 Å². The average molecular weight is 651 g/mol. The van der Waals surface area contributed by atoms with Crippen molar-refractivity contribution >= 4 is 39.6 Å². The number of benzene rings is 2. The molecule has 14 heteroatoms. The summed E-state index contributed by atoms with van der Waals surface area (Å²) in [5, 5.41) is 8.50. The average Bonchev–Trinajstić information content (AvgIpc) is 3.79. The highest BCUT2D eigenvalue weighted by molar-refractivity contribution is 5.94. The Bertz CT molecular complexity index is 2220. The van der Waals surface area contributed by atoms with Crippen molar-refractivity contribution in [1.82, 2.24) is 39.2 Å². The molecular formula is C34H32F2N10O2. The van der Waals surface area contributed by atoms with E-state index in [1.807, 2.05) is 49.2 Å². The highest BCUT2D eigenvalue weighted by atomic mass is 19.1. The van der Waals surface area contributed by atoms with Crippen molar-refractivity contribution in [2.24, 2.45) is 0 Å². The Kier molecular flexibility index (Phi) is 7.15. The van der Waals surface area contributed by atoms with E-state index in [0.717, 1.165) is 34.2 Å². The quantitative estimate of drug-likeness (QED) is 0.290. The third kappa shape index (κ3) is 4.95. The number of hydrogen-bond acceptors (Lipinski definition) is 9. The Morgan fingerprint density at radius 3 is 2.75 bits per heavy atom. The van der Waals surface area contributed by atoms with Crippen LogP contribution in [-0.4, -0.2) is 84.4 Å². The number of pyridine rings is 1. The number of anilines is 2. The number of methoxy groups -OCH3 is 1. The molecule has 2 aliphatic rings. The molecule has 2 aliphatic heterocycles. The lowest BCUT2D eigenvalue weighted by Crippen LogP contribution is -2.45. The first-order valence-corrected chi connectivity index (χ1v) is 15.7. The minimum Gasteiger partial charge on any atom is -0.497 e. The molecule has 6 aromatic rings. The van der Waals surface area contributed by atoms with Crippen LogP contribution in [0, 0.1) is 18.6 Å². The first-order chi connectivity index (χ1) is 23.3. The predicted molar refractivity (Wildman–Crippen MR) is 176 cm³/mol. The zero-order valence-corrected chi connectivity index (χ0v) is 26.6. The van der Waals surface area contributed by atoms with Crippen LogP contribution in [0.5, 0.6) is 5.75 Å². The van der Waals surface area contributed by atoms with Crippen LogP contribution in [0.4, 0.5) is 20.4 Å². The number of fused-ring (bicyclic) bond motifs is 6. The fourth-order valence-electron chi connectivity index (χ4n) is 6.95. The summed E-state index contributed by atoms with van der Waals surface area (Å²) in [5.74, 6) is 1.23. The van der Waals surface area contributed by atoms with E-state index in [0.29, 0.717) is 60.9 Å². The maximum atomic E-state index is 14.8. The van der Waals surface area contributed by atoms with Gasteiger partial charge < -0.3 is 24.4 Å². The van der Waals surface area contributed by atoms with Crippen LogP contribution in [0.15, 0.2) is 61.1 Å². The molecule has 48 heavy (non-hydrogen) atoms. The van der Waals surface area contributed by atoms with Crippen LogP contribution in [0.25, 0.3) is 39.0 Å². The molecule has 0 spiro atoms. The molecule has 1 fully saturated rings. The van der Waals surface area contributed by atoms with Crippen molar-refractivity contribution < 1.29 is 18.3 Å². The highest BCUT2D eigenvalue weighted by Crippen LogP contribution is 2.36. The number of aromatic nitrogens is 7. The summed E-state index contributed by atoms with van der Waals surface area (Å²) in [7, 11) is 3.46. The molecule has 8 rings (SSSR count). The van der Waals surface area contributed by atoms with Gasteiger partial charge in [0.15, 0.2) is 11.5 Å². The number of imidazole rings is 1. The summed E-state index contributed by atoms with van der Waals surface area (Å²) in [6.07, 6.45) is 4.13. The van der Waals surface area contributed by atoms with E-state index in [2.05, 4.69) is 25.0 Å². The number of rotatable bonds is 3. The third-order valence-electron chi connectivity index (χ3n) is 9.21. The lowest BCUT2D eigenvalue weighted by molar-refractivity contribution is -0.131. The first-order valence-electron chi connectivity index (χ1n) is 15.7. The molecule has 12 nitrogen and oxygen atoms in total. The number of nitrogens with zero attached hydrogens (tertiary/aromatic N) is 9. The van der Waals surface area contributed by atoms with E-state index >= 15 is 0 Å². The fraction of sp³-hybridized carbons (Fsp3) is 0.294. The number of carbonyl (C=O) groups excluding carboxylic acids is 1. The Morgan fingerprint density at radius 1 is 1.04 bits per heavy atom. The van der Waals surface area contributed by atoms with Crippen LogP contribution in [-0.2, 0) is 11.3 Å². The van der Waals surface area contributed by atoms with Crippen molar-refractivity contribution in [1.29, 1.82) is 0 Å². The number of aryl methyl sites for hydroxylation is 2. The second-order valence-corrected chi connectivity index (χ2v) is 12.2. The number of hydrogen-bond donors (Lipinski definition) is 1. The Morgan fingerprint density at radius 2 is 1.92 bits per heavy atom. The third-order valence-corrected chi connectivity index (χ3v) is 9.21. The molecule has 244 valence electrons. The molecule has 0 saturated carbocycles. The molecule has 0 unspecified atom stereocenters. The van der Waals surface area contributed by atoms with Gasteiger partial charge in [-0.05, 0) is 50.1 Å². The molecular weight excluding hydrogens is 618 g/mol. The molecule has 2 aromatic carbocycles. The van der Waals surface area contributed by atoms with Gasteiger partial charge in [0, 0.05) is 50.4 Å². The number of likely N-dealkylation sites (N-methyl/N-ethyl adjacent to an activating group) is 1. The van der Waals surface area contributed by atoms with Gasteiger partial charge in [-0.1, -0.05) is 6.07 Å². The van der Waals surface area contributed by atoms with Crippen molar-refractivity contribution in [3.63, 3.8) is 0 Å². The molecule has 1 amide bonds. The summed E-state index contributed by atoms with van der Waals surface area (Å²) in [4.78, 5) is 36.8. The summed E-state index contributed by atoms with van der Waals surface area (Å²) < 4.78 is 37.6. The van der Waals surface area contributed by atoms with Crippen LogP contribution in [0.2, 0.25) is 0 Å². The van der Waals surface area contributed by atoms with E-state index < -0.39 is 17.7 Å². The minimum absolute atomic E-state index is 0.0442. The van der Waals surface area contributed by atoms with Gasteiger partial charge in [0.25, 0.3) is 0 Å². The standard InChI is InChI=1S/C34H32F2N10O2/c1-19-40-27-15-22(48-3)14-23-26-6-4-7-30(42-26)41-21-13-29(34(47)43(2)10-5-11-44(19)31(23)27)45(17-21)32-24-16-39-46(33(24)38-18-37-32)28-9-8-20(35)12-25(28)36/h4,6-9,12,14-16,18,21,29H,5,10-11,13,17H2,1-3H3,(H,41,42)/t21-,29-/m0/s1. The molecule has 1 N–H and O–H groups in total. The molecule has 0 radical (unpaired) electrons. The number of nitrogens with one attached hydrogen (secondary N) is 1. The molecule has 0 aliphatic carbocycles. The smallest absolute Gasteiger partial charge is 0.245 e. The van der Waals surface area contributed by atoms with E-state index in [1.165, 1.54) is 23.1 Å². The highest BCUT2D eigenvalue weighted by Gasteiger charge is 2.40. The largest absolute Gasteiger partial charge is 0.497 e. The van der Waals surface area contributed by atoms with Gasteiger partial charge in [0.2, 0.25) is 5.91 Å². The number of halogens is 2. The van der Waals surface area contributed by atoms with E-state index in [1.54, 1.807) is 18.2 Å². The van der Waals surface area contributed by atoms with Gasteiger partial charge in [0.1, 0.15) is 47.1 Å². The van der Waals surface area contributed by atoms with Crippen molar-refractivity contribution in [2.75, 3.05) is 37.5 Å². The van der Waals surface area contributed by atoms with Crippen molar-refractivity contribution in [3.8, 4) is 22.7 Å². The van der Waals surface area contributed by atoms with Gasteiger partial charge in [-0.25, -0.2) is 33.4 Å². The topological polar surface area (TPSA) is 119 Å². The van der Waals surface area contributed by atoms with Gasteiger partial charge in [-0.15, -0.1) is 0 Å². The van der Waals surface area contributed by atoms with E-state index in [-0.39, 0.29) is 17.6 Å². The lowest BCUT2D eigenvalue weighted by atomic mass is 10.1. The second-order valence-electron chi connectivity index (χ2n) is 12.2. The lowest BCUT2D eigenvalue weighted by Gasteiger charge is -2.29. The second kappa shape index (κ2) is 11.5. The Hall–Kier alpha value is -5.66. The van der Waals surface area contributed by atoms with Crippen molar-refractivity contribution in [3.05, 3.63) is 78.5 Å². The van der Waals surface area contributed by atoms with Crippen LogP contribution in [0.3, 0.4) is 0 Å². The van der Waals surface area contributed by atoms with Gasteiger partial charge in [-0.3, -0.25) is 4.79 Å². The fourth-order valence-corrected chi connectivity index (χ4v) is 6.95. The van der Waals surface area contributed by atoms with Gasteiger partial charge in [0.05, 0.1) is 35.4 Å². The SMILES string of the molecule is COc1cc2c3c(c1)nc(C)n3CCCN(C)C(=O)[C@@H]1C[C@@H](CN1c1ncnc3c1cnn3-c1ccc(F)cc1F)Nc1cccc-2n1. The zero-order chi connectivity index (χ0) is 33.1. The maximum Gasteiger partial charge on any atom is 0.245 e. The van der Waals surface area contributed by atoms with Crippen molar-refractivity contribution in [2.45, 2.75) is 38.4 Å². The summed E-state index contributed by atoms with van der Waals surface area (Å²) >= 11 is 0. The molecule has 2 atom stereocenters. The number of carbonyl (C=O) groups is 1. The number of amides is 1. The van der Waals surface area contributed by atoms with E-state index in [9.17, 15) is 13.6 Å².